The van der Waals surface area contributed by atoms with Gasteiger partial charge >= 0.3 is 39.5 Å². The Labute approximate surface area is 556 Å². The van der Waals surface area contributed by atoms with E-state index in [0.717, 1.165) is 120 Å². The maximum absolute atomic E-state index is 13.0. The fourth-order valence-corrected chi connectivity index (χ4v) is 12.4. The van der Waals surface area contributed by atoms with Gasteiger partial charge in [0, 0.05) is 25.7 Å². The van der Waals surface area contributed by atoms with Crippen molar-refractivity contribution in [2.24, 2.45) is 23.7 Å². The monoisotopic (exact) mass is 1340 g/mol. The fraction of sp³-hybridized carbons (Fsp3) is 0.944. The van der Waals surface area contributed by atoms with E-state index in [2.05, 4.69) is 55.4 Å². The minimum Gasteiger partial charge on any atom is -0.462 e. The molecule has 17 nitrogen and oxygen atoms in total. The number of ether oxygens (including phenoxy) is 4. The lowest BCUT2D eigenvalue weighted by atomic mass is 10.00. The highest BCUT2D eigenvalue weighted by atomic mass is 31.2. The molecule has 4 unspecified atom stereocenters. The van der Waals surface area contributed by atoms with Crippen LogP contribution in [0.2, 0.25) is 0 Å². The van der Waals surface area contributed by atoms with E-state index in [9.17, 15) is 43.2 Å². The van der Waals surface area contributed by atoms with Crippen LogP contribution in [-0.2, 0) is 65.4 Å². The van der Waals surface area contributed by atoms with Crippen molar-refractivity contribution in [2.45, 2.75) is 375 Å². The van der Waals surface area contributed by atoms with E-state index >= 15 is 0 Å². The summed E-state index contributed by atoms with van der Waals surface area (Å²) in [5.74, 6) is 0.873. The zero-order valence-corrected chi connectivity index (χ0v) is 61.3. The van der Waals surface area contributed by atoms with Crippen molar-refractivity contribution in [2.75, 3.05) is 39.6 Å². The summed E-state index contributed by atoms with van der Waals surface area (Å²) in [5, 5.41) is 10.6. The second-order valence-corrected chi connectivity index (χ2v) is 30.3. The largest absolute Gasteiger partial charge is 0.472 e. The standard InChI is InChI=1S/C72H140O17P2/c1-9-64(7)50-42-34-28-30-37-45-53-70(75)83-59-67(88-71(76)54-46-38-27-22-18-16-14-12-11-13-15-17-20-24-32-40-48-62(3)4)60-86-90(78,79)84-56-66(73)57-85-91(80,81)87-61-68(89-72(77)55-47-39-31-29-35-43-51-65(8)10-2)58-82-69(74)52-44-36-26-23-19-21-25-33-41-49-63(5)6/h62-68,73H,9-61H2,1-8H3,(H,78,79)(H,80,81)/t64?,65?,66-,67+,68+/m0/s1. The number of hydrogen-bond acceptors (Lipinski definition) is 15. The lowest BCUT2D eigenvalue weighted by Gasteiger charge is -2.21. The molecule has 0 heterocycles. The van der Waals surface area contributed by atoms with Crippen molar-refractivity contribution in [3.63, 3.8) is 0 Å². The molecule has 7 atom stereocenters. The number of carbonyl (C=O) groups excluding carboxylic acids is 4. The van der Waals surface area contributed by atoms with Crippen LogP contribution in [0.5, 0.6) is 0 Å². The molecular formula is C72H140O17P2. The van der Waals surface area contributed by atoms with Crippen LogP contribution in [0, 0.1) is 23.7 Å². The fourth-order valence-electron chi connectivity index (χ4n) is 10.8. The Hall–Kier alpha value is -1.94. The number of phosphoric ester groups is 2. The van der Waals surface area contributed by atoms with Crippen molar-refractivity contribution in [1.29, 1.82) is 0 Å². The molecule has 0 bridgehead atoms. The molecule has 0 aromatic carbocycles. The molecule has 0 aliphatic heterocycles. The van der Waals surface area contributed by atoms with Crippen LogP contribution in [0.15, 0.2) is 0 Å². The maximum atomic E-state index is 13.0. The molecular weight excluding hydrogens is 1200 g/mol. The average molecular weight is 1340 g/mol. The zero-order chi connectivity index (χ0) is 67.5. The summed E-state index contributed by atoms with van der Waals surface area (Å²) in [6, 6.07) is 0. The molecule has 91 heavy (non-hydrogen) atoms. The molecule has 540 valence electrons. The number of phosphoric acid groups is 2. The van der Waals surface area contributed by atoms with E-state index in [1.54, 1.807) is 0 Å². The third kappa shape index (κ3) is 63.9. The Morgan fingerprint density at radius 3 is 0.780 bits per heavy atom. The quantitative estimate of drug-likeness (QED) is 0.0222. The third-order valence-electron chi connectivity index (χ3n) is 17.3. The van der Waals surface area contributed by atoms with E-state index in [0.29, 0.717) is 25.7 Å². The Morgan fingerprint density at radius 2 is 0.527 bits per heavy atom. The molecule has 0 saturated carbocycles. The van der Waals surface area contributed by atoms with E-state index in [1.807, 2.05) is 0 Å². The molecule has 0 aliphatic carbocycles. The summed E-state index contributed by atoms with van der Waals surface area (Å²) in [7, 11) is -9.90. The number of carbonyl (C=O) groups is 4. The van der Waals surface area contributed by atoms with Gasteiger partial charge in [-0.3, -0.25) is 37.3 Å². The van der Waals surface area contributed by atoms with Crippen molar-refractivity contribution >= 4 is 39.5 Å². The van der Waals surface area contributed by atoms with E-state index in [1.165, 1.54) is 154 Å². The smallest absolute Gasteiger partial charge is 0.462 e. The Morgan fingerprint density at radius 1 is 0.308 bits per heavy atom. The van der Waals surface area contributed by atoms with Crippen molar-refractivity contribution in [3.05, 3.63) is 0 Å². The highest BCUT2D eigenvalue weighted by molar-refractivity contribution is 7.47. The minimum atomic E-state index is -4.95. The van der Waals surface area contributed by atoms with Crippen LogP contribution in [-0.4, -0.2) is 96.7 Å². The Bertz CT molecular complexity index is 1800. The highest BCUT2D eigenvalue weighted by Gasteiger charge is 2.30. The molecule has 0 aliphatic rings. The molecule has 0 amide bonds. The SMILES string of the molecule is CCC(C)CCCCCCCCC(=O)OC[C@H](COP(=O)(O)OC[C@H](O)COP(=O)(O)OC[C@@H](COC(=O)CCCCCCCCCCCC(C)C)OC(=O)CCCCCCCCC(C)CC)OC(=O)CCCCCCCCCCCCCCCCCCC(C)C. The van der Waals surface area contributed by atoms with Crippen LogP contribution in [0.3, 0.4) is 0 Å². The summed E-state index contributed by atoms with van der Waals surface area (Å²) in [6.07, 6.45) is 44.6. The first-order chi connectivity index (χ1) is 43.7. The molecule has 19 heteroatoms. The van der Waals surface area contributed by atoms with Crippen LogP contribution < -0.4 is 0 Å². The van der Waals surface area contributed by atoms with E-state index in [4.69, 9.17) is 37.0 Å². The van der Waals surface area contributed by atoms with E-state index in [-0.39, 0.29) is 25.7 Å². The number of rotatable bonds is 69. The number of esters is 4. The summed E-state index contributed by atoms with van der Waals surface area (Å²) in [4.78, 5) is 72.6. The number of aliphatic hydroxyl groups excluding tert-OH is 1. The third-order valence-corrected chi connectivity index (χ3v) is 19.2. The summed E-state index contributed by atoms with van der Waals surface area (Å²) >= 11 is 0. The molecule has 0 rings (SSSR count). The van der Waals surface area contributed by atoms with Gasteiger partial charge in [0.2, 0.25) is 0 Å². The van der Waals surface area contributed by atoms with Gasteiger partial charge in [0.1, 0.15) is 19.3 Å². The molecule has 3 N–H and O–H groups in total. The van der Waals surface area contributed by atoms with Gasteiger partial charge in [0.05, 0.1) is 26.4 Å². The van der Waals surface area contributed by atoms with Crippen molar-refractivity contribution in [3.8, 4) is 0 Å². The Balaban J connectivity index is 5.21. The summed E-state index contributed by atoms with van der Waals surface area (Å²) < 4.78 is 68.3. The summed E-state index contributed by atoms with van der Waals surface area (Å²) in [6.45, 7) is 14.1. The lowest BCUT2D eigenvalue weighted by molar-refractivity contribution is -0.161. The zero-order valence-electron chi connectivity index (χ0n) is 59.5. The van der Waals surface area contributed by atoms with Gasteiger partial charge in [-0.1, -0.05) is 306 Å². The van der Waals surface area contributed by atoms with Crippen molar-refractivity contribution in [1.82, 2.24) is 0 Å². The molecule has 0 aromatic heterocycles. The molecule has 0 radical (unpaired) electrons. The van der Waals surface area contributed by atoms with Gasteiger partial charge in [-0.15, -0.1) is 0 Å². The normalized spacial score (nSPS) is 14.8. The van der Waals surface area contributed by atoms with Gasteiger partial charge in [-0.05, 0) is 49.4 Å². The van der Waals surface area contributed by atoms with Gasteiger partial charge in [-0.2, -0.15) is 0 Å². The molecule has 0 aromatic rings. The molecule has 0 spiro atoms. The second kappa shape index (κ2) is 61.6. The topological polar surface area (TPSA) is 237 Å². The summed E-state index contributed by atoms with van der Waals surface area (Å²) in [5.41, 5.74) is 0. The first-order valence-corrected chi connectivity index (χ1v) is 40.3. The first kappa shape index (κ1) is 89.1. The van der Waals surface area contributed by atoms with Crippen LogP contribution in [0.1, 0.15) is 357 Å². The highest BCUT2D eigenvalue weighted by Crippen LogP contribution is 2.45. The maximum Gasteiger partial charge on any atom is 0.472 e. The molecule has 0 saturated heterocycles. The predicted octanol–water partition coefficient (Wildman–Crippen LogP) is 20.5. The number of unbranched alkanes of at least 4 members (excludes halogenated alkanes) is 33. The first-order valence-electron chi connectivity index (χ1n) is 37.3. The number of hydrogen-bond donors (Lipinski definition) is 3. The predicted molar refractivity (Wildman–Crippen MR) is 367 cm³/mol. The number of aliphatic hydroxyl groups is 1. The van der Waals surface area contributed by atoms with Gasteiger partial charge < -0.3 is 33.8 Å². The van der Waals surface area contributed by atoms with Gasteiger partial charge in [0.15, 0.2) is 12.2 Å². The van der Waals surface area contributed by atoms with Gasteiger partial charge in [0.25, 0.3) is 0 Å². The Kier molecular flexibility index (Phi) is 60.3. The van der Waals surface area contributed by atoms with E-state index < -0.39 is 97.5 Å². The van der Waals surface area contributed by atoms with Crippen LogP contribution >= 0.6 is 15.6 Å². The molecule has 0 fully saturated rings. The van der Waals surface area contributed by atoms with Crippen molar-refractivity contribution < 1.29 is 80.2 Å². The lowest BCUT2D eigenvalue weighted by Crippen LogP contribution is -2.30. The average Bonchev–Trinajstić information content (AvgIpc) is 2.90. The van der Waals surface area contributed by atoms with Crippen LogP contribution in [0.25, 0.3) is 0 Å². The minimum absolute atomic E-state index is 0.102. The second-order valence-electron chi connectivity index (χ2n) is 27.4. The van der Waals surface area contributed by atoms with Crippen LogP contribution in [0.4, 0.5) is 0 Å². The van der Waals surface area contributed by atoms with Gasteiger partial charge in [-0.25, -0.2) is 9.13 Å².